The Bertz CT molecular complexity index is 319. The van der Waals surface area contributed by atoms with Gasteiger partial charge in [-0.05, 0) is 0 Å². The van der Waals surface area contributed by atoms with Gasteiger partial charge in [0, 0.05) is 15.4 Å². The summed E-state index contributed by atoms with van der Waals surface area (Å²) in [4.78, 5) is 20.1. The second-order valence-corrected chi connectivity index (χ2v) is 3.70. The van der Waals surface area contributed by atoms with Crippen molar-refractivity contribution in [3.8, 4) is 0 Å². The molecule has 0 aliphatic carbocycles. The number of nitrogens with zero attached hydrogens (tertiary/aromatic N) is 3. The van der Waals surface area contributed by atoms with Crippen molar-refractivity contribution in [3.05, 3.63) is 11.8 Å². The maximum Gasteiger partial charge on any atom is 0.325 e. The Labute approximate surface area is 88.6 Å². The van der Waals surface area contributed by atoms with Crippen LogP contribution < -0.4 is 17.2 Å². The van der Waals surface area contributed by atoms with E-state index in [0.29, 0.717) is 15.4 Å². The molecule has 0 unspecified atom stereocenters. The maximum atomic E-state index is 9.63. The first-order valence-electron chi connectivity index (χ1n) is 3.74. The van der Waals surface area contributed by atoms with E-state index in [2.05, 4.69) is 21.5 Å². The first-order chi connectivity index (χ1) is 6.82. The predicted octanol–water partition coefficient (Wildman–Crippen LogP) is -2.43. The molecule has 0 saturated heterocycles. The first-order valence-corrected chi connectivity index (χ1v) is 4.74. The molecule has 7 N–H and O–H groups in total. The molecule has 82 valence electrons. The van der Waals surface area contributed by atoms with E-state index in [0.717, 1.165) is 0 Å². The van der Waals surface area contributed by atoms with Gasteiger partial charge in [-0.3, -0.25) is 0 Å². The van der Waals surface area contributed by atoms with Crippen molar-refractivity contribution >= 4 is 34.1 Å². The minimum absolute atomic E-state index is 0.0417. The molecule has 15 heavy (non-hydrogen) atoms. The summed E-state index contributed by atoms with van der Waals surface area (Å²) < 4.78 is 0. The normalized spacial score (nSPS) is 8.80. The van der Waals surface area contributed by atoms with Crippen LogP contribution in [-0.2, 0) is 4.79 Å². The summed E-state index contributed by atoms with van der Waals surface area (Å²) in [5.41, 5.74) is 15.4. The molecule has 9 heteroatoms. The van der Waals surface area contributed by atoms with E-state index in [1.807, 2.05) is 0 Å². The van der Waals surface area contributed by atoms with Crippen LogP contribution in [0.3, 0.4) is 0 Å². The molecule has 1 heterocycles. The zero-order valence-corrected chi connectivity index (χ0v) is 10.1. The lowest BCUT2D eigenvalue weighted by Crippen LogP contribution is -2.05. The van der Waals surface area contributed by atoms with E-state index in [1.54, 1.807) is 0 Å². The summed E-state index contributed by atoms with van der Waals surface area (Å²) in [6.07, 6.45) is 0. The molecule has 0 amide bonds. The van der Waals surface area contributed by atoms with E-state index < -0.39 is 5.97 Å². The van der Waals surface area contributed by atoms with Crippen LogP contribution >= 0.6 is 0 Å². The summed E-state index contributed by atoms with van der Waals surface area (Å²) in [6, 6.07) is 0. The predicted molar refractivity (Wildman–Crippen MR) is 59.8 cm³/mol. The van der Waals surface area contributed by atoms with Gasteiger partial charge in [0.1, 0.15) is 0 Å². The number of aliphatic carboxylic acids is 1. The van der Waals surface area contributed by atoms with Gasteiger partial charge in [-0.25, -0.2) is 4.79 Å². The van der Waals surface area contributed by atoms with Crippen LogP contribution in [-0.4, -0.2) is 36.3 Å². The monoisotopic (exact) mass is 228 g/mol. The second kappa shape index (κ2) is 5.54. The number of carboxylic acids is 1. The molecule has 1 aromatic rings. The van der Waals surface area contributed by atoms with Crippen LogP contribution in [0.25, 0.3) is 0 Å². The number of aromatic nitrogens is 3. The van der Waals surface area contributed by atoms with Crippen molar-refractivity contribution in [1.29, 1.82) is 0 Å². The average molecular weight is 228 g/mol. The first kappa shape index (κ1) is 12.8. The highest BCUT2D eigenvalue weighted by Gasteiger charge is 1.93. The van der Waals surface area contributed by atoms with Gasteiger partial charge < -0.3 is 22.3 Å². The third-order valence-electron chi connectivity index (χ3n) is 1.05. The van der Waals surface area contributed by atoms with Gasteiger partial charge in [0.25, 0.3) is 0 Å². The van der Waals surface area contributed by atoms with Gasteiger partial charge in [-0.1, -0.05) is 6.58 Å². The standard InChI is InChI=1S/C3H6N6.C3H6O2Si/c4-1-7-2(5)9-3(6)8-1;1-2(6)3(4)5/h(H6,4,5,6,7,8,9);1H2,6H3,(H,4,5). The Morgan fingerprint density at radius 2 is 1.33 bits per heavy atom. The summed E-state index contributed by atoms with van der Waals surface area (Å²) in [5, 5.41) is 8.24. The Balaban J connectivity index is 0.000000288. The highest BCUT2D eigenvalue weighted by Crippen LogP contribution is 1.97. The van der Waals surface area contributed by atoms with Crippen LogP contribution in [0, 0.1) is 0 Å². The highest BCUT2D eigenvalue weighted by atomic mass is 28.1. The number of hydrogen-bond donors (Lipinski definition) is 4. The van der Waals surface area contributed by atoms with Gasteiger partial charge in [-0.15, -0.1) is 0 Å². The second-order valence-electron chi connectivity index (χ2n) is 2.50. The number of carboxylic acid groups (broad SMARTS) is 1. The molecule has 0 fully saturated rings. The zero-order valence-electron chi connectivity index (χ0n) is 8.14. The van der Waals surface area contributed by atoms with E-state index in [-0.39, 0.29) is 17.8 Å². The lowest BCUT2D eigenvalue weighted by molar-refractivity contribution is -0.131. The van der Waals surface area contributed by atoms with Crippen LogP contribution in [0.2, 0.25) is 0 Å². The Hall–Kier alpha value is -2.16. The molecule has 1 aromatic heterocycles. The van der Waals surface area contributed by atoms with E-state index in [1.165, 1.54) is 0 Å². The SMILES string of the molecule is C=C([SiH3])C(=O)O.Nc1nc(N)nc(N)n1. The lowest BCUT2D eigenvalue weighted by atomic mass is 10.7. The molecule has 0 atom stereocenters. The maximum absolute atomic E-state index is 9.63. The third kappa shape index (κ3) is 5.98. The fraction of sp³-hybridized carbons (Fsp3) is 0. The Morgan fingerprint density at radius 3 is 1.47 bits per heavy atom. The molecular formula is C6H12N6O2Si. The number of hydrogen-bond acceptors (Lipinski definition) is 7. The van der Waals surface area contributed by atoms with Crippen LogP contribution in [0.15, 0.2) is 11.8 Å². The fourth-order valence-corrected chi connectivity index (χ4v) is 0.427. The number of carbonyl (C=O) groups is 1. The van der Waals surface area contributed by atoms with Crippen molar-refractivity contribution in [2.45, 2.75) is 0 Å². The number of nitrogens with two attached hydrogens (primary N) is 3. The molecule has 0 aliphatic heterocycles. The Morgan fingerprint density at radius 1 is 1.13 bits per heavy atom. The quantitative estimate of drug-likeness (QED) is 0.305. The third-order valence-corrected chi connectivity index (χ3v) is 1.48. The van der Waals surface area contributed by atoms with Gasteiger partial charge in [0.2, 0.25) is 17.8 Å². The van der Waals surface area contributed by atoms with Gasteiger partial charge in [0.15, 0.2) is 0 Å². The van der Waals surface area contributed by atoms with Gasteiger partial charge in [-0.2, -0.15) is 15.0 Å². The zero-order chi connectivity index (χ0) is 12.0. The minimum Gasteiger partial charge on any atom is -0.478 e. The number of rotatable bonds is 1. The van der Waals surface area contributed by atoms with E-state index >= 15 is 0 Å². The minimum atomic E-state index is -0.873. The molecule has 0 radical (unpaired) electrons. The molecule has 0 spiro atoms. The molecule has 1 rings (SSSR count). The van der Waals surface area contributed by atoms with Gasteiger partial charge >= 0.3 is 5.97 Å². The van der Waals surface area contributed by atoms with Gasteiger partial charge in [0.05, 0.1) is 0 Å². The van der Waals surface area contributed by atoms with E-state index in [4.69, 9.17) is 22.3 Å². The summed E-state index contributed by atoms with van der Waals surface area (Å²) >= 11 is 0. The van der Waals surface area contributed by atoms with Crippen molar-refractivity contribution in [3.63, 3.8) is 0 Å². The topological polar surface area (TPSA) is 154 Å². The molecule has 0 aliphatic rings. The molecule has 8 nitrogen and oxygen atoms in total. The average Bonchev–Trinajstić information content (AvgIpc) is 2.01. The number of nitrogen functional groups attached to an aromatic ring is 3. The van der Waals surface area contributed by atoms with Crippen molar-refractivity contribution in [2.75, 3.05) is 17.2 Å². The Kier molecular flexibility index (Phi) is 4.74. The fourth-order valence-electron chi connectivity index (χ4n) is 0.427. The van der Waals surface area contributed by atoms with Crippen LogP contribution in [0.1, 0.15) is 0 Å². The largest absolute Gasteiger partial charge is 0.478 e. The number of anilines is 3. The van der Waals surface area contributed by atoms with Crippen molar-refractivity contribution in [1.82, 2.24) is 15.0 Å². The van der Waals surface area contributed by atoms with E-state index in [9.17, 15) is 4.79 Å². The summed E-state index contributed by atoms with van der Waals surface area (Å²) in [5.74, 6) is -0.748. The summed E-state index contributed by atoms with van der Waals surface area (Å²) in [6.45, 7) is 3.22. The molecular weight excluding hydrogens is 216 g/mol. The van der Waals surface area contributed by atoms with Crippen LogP contribution in [0.5, 0.6) is 0 Å². The lowest BCUT2D eigenvalue weighted by Gasteiger charge is -1.93. The van der Waals surface area contributed by atoms with Crippen LogP contribution in [0.4, 0.5) is 17.8 Å². The molecule has 0 bridgehead atoms. The highest BCUT2D eigenvalue weighted by molar-refractivity contribution is 6.34. The van der Waals surface area contributed by atoms with Crippen molar-refractivity contribution < 1.29 is 9.90 Å². The molecule has 0 saturated carbocycles. The molecule has 0 aromatic carbocycles. The smallest absolute Gasteiger partial charge is 0.325 e. The van der Waals surface area contributed by atoms with Crippen molar-refractivity contribution in [2.24, 2.45) is 0 Å². The summed E-state index contributed by atoms with van der Waals surface area (Å²) in [7, 11) is 0.559.